The number of aromatic nitrogens is 2. The summed E-state index contributed by atoms with van der Waals surface area (Å²) in [7, 11) is -3.15. The third kappa shape index (κ3) is 6.14. The van der Waals surface area contributed by atoms with Crippen LogP contribution >= 0.6 is 27.7 Å². The Bertz CT molecular complexity index is 1230. The number of piperazine rings is 1. The highest BCUT2D eigenvalue weighted by molar-refractivity contribution is 9.10. The predicted octanol–water partition coefficient (Wildman–Crippen LogP) is 3.31. The third-order valence-electron chi connectivity index (χ3n) is 5.06. The van der Waals surface area contributed by atoms with Crippen LogP contribution in [0.25, 0.3) is 11.5 Å². The number of nitrogens with one attached hydrogen (secondary N) is 1. The molecule has 2 heterocycles. The first-order valence-corrected chi connectivity index (χ1v) is 13.7. The lowest BCUT2D eigenvalue weighted by Gasteiger charge is -2.34. The van der Waals surface area contributed by atoms with Gasteiger partial charge in [-0.2, -0.15) is 4.31 Å². The Hall–Kier alpha value is -2.41. The second kappa shape index (κ2) is 10.2. The number of nitrogens with zero attached hydrogens (tertiary/aromatic N) is 4. The molecule has 1 fully saturated rings. The summed E-state index contributed by atoms with van der Waals surface area (Å²) in [6.45, 7) is 2.18. The summed E-state index contributed by atoms with van der Waals surface area (Å²) in [6.07, 6.45) is 1.23. The molecule has 9 nitrogen and oxygen atoms in total. The maximum atomic E-state index is 12.3. The number of sulfonamides is 1. The van der Waals surface area contributed by atoms with Crippen molar-refractivity contribution in [1.29, 1.82) is 0 Å². The molecular formula is C21H22BrN5O4S2. The number of halogens is 1. The van der Waals surface area contributed by atoms with Gasteiger partial charge in [-0.3, -0.25) is 4.79 Å². The molecule has 2 aromatic carbocycles. The van der Waals surface area contributed by atoms with Crippen LogP contribution in [0.5, 0.6) is 0 Å². The van der Waals surface area contributed by atoms with Crippen molar-refractivity contribution in [3.63, 3.8) is 0 Å². The molecule has 0 spiro atoms. The van der Waals surface area contributed by atoms with E-state index in [9.17, 15) is 13.2 Å². The number of hydrogen-bond acceptors (Lipinski definition) is 8. The Morgan fingerprint density at radius 2 is 1.79 bits per heavy atom. The lowest BCUT2D eigenvalue weighted by molar-refractivity contribution is -0.113. The Labute approximate surface area is 204 Å². The van der Waals surface area contributed by atoms with E-state index >= 15 is 0 Å². The van der Waals surface area contributed by atoms with Gasteiger partial charge in [-0.15, -0.1) is 10.2 Å². The van der Waals surface area contributed by atoms with Gasteiger partial charge in [0.1, 0.15) is 0 Å². The van der Waals surface area contributed by atoms with Gasteiger partial charge in [0, 0.05) is 42.0 Å². The zero-order valence-electron chi connectivity index (χ0n) is 17.8. The highest BCUT2D eigenvalue weighted by atomic mass is 79.9. The molecule has 1 aromatic heterocycles. The minimum Gasteiger partial charge on any atom is -0.411 e. The average molecular weight is 552 g/mol. The first-order chi connectivity index (χ1) is 15.8. The second-order valence-electron chi connectivity index (χ2n) is 7.39. The maximum absolute atomic E-state index is 12.3. The quantitative estimate of drug-likeness (QED) is 0.445. The second-order valence-corrected chi connectivity index (χ2v) is 11.1. The minimum atomic E-state index is -3.15. The fourth-order valence-corrected chi connectivity index (χ4v) is 5.21. The minimum absolute atomic E-state index is 0.132. The number of rotatable bonds is 7. The maximum Gasteiger partial charge on any atom is 0.277 e. The van der Waals surface area contributed by atoms with Crippen molar-refractivity contribution in [3.05, 3.63) is 53.0 Å². The van der Waals surface area contributed by atoms with Gasteiger partial charge in [-0.05, 0) is 52.3 Å². The summed E-state index contributed by atoms with van der Waals surface area (Å²) in [4.78, 5) is 14.5. The average Bonchev–Trinajstić information content (AvgIpc) is 3.27. The number of anilines is 2. The van der Waals surface area contributed by atoms with E-state index in [1.54, 1.807) is 0 Å². The number of carbonyl (C=O) groups excluding carboxylic acids is 1. The number of hydrogen-bond donors (Lipinski definition) is 1. The zero-order valence-corrected chi connectivity index (χ0v) is 21.0. The molecule has 1 N–H and O–H groups in total. The van der Waals surface area contributed by atoms with Crippen LogP contribution in [-0.4, -0.2) is 67.0 Å². The molecule has 1 aliphatic heterocycles. The van der Waals surface area contributed by atoms with Crippen LogP contribution in [0, 0.1) is 0 Å². The van der Waals surface area contributed by atoms with Crippen molar-refractivity contribution in [2.24, 2.45) is 0 Å². The predicted molar refractivity (Wildman–Crippen MR) is 132 cm³/mol. The molecule has 0 saturated carbocycles. The summed E-state index contributed by atoms with van der Waals surface area (Å²) in [5, 5.41) is 11.2. The van der Waals surface area contributed by atoms with Crippen LogP contribution in [0.3, 0.4) is 0 Å². The SMILES string of the molecule is CS(=O)(=O)N1CCN(c2ccc(NC(=O)CSc3nnc(-c4ccccc4Br)o3)cc2)CC1. The van der Waals surface area contributed by atoms with E-state index in [2.05, 4.69) is 36.3 Å². The molecule has 1 saturated heterocycles. The molecule has 0 bridgehead atoms. The van der Waals surface area contributed by atoms with Crippen LogP contribution < -0.4 is 10.2 Å². The van der Waals surface area contributed by atoms with Crippen LogP contribution in [0.1, 0.15) is 0 Å². The van der Waals surface area contributed by atoms with E-state index in [0.717, 1.165) is 15.7 Å². The fraction of sp³-hybridized carbons (Fsp3) is 0.286. The van der Waals surface area contributed by atoms with E-state index in [1.165, 1.54) is 22.3 Å². The summed E-state index contributed by atoms with van der Waals surface area (Å²) >= 11 is 4.62. The molecule has 0 atom stereocenters. The van der Waals surface area contributed by atoms with Gasteiger partial charge in [0.25, 0.3) is 5.22 Å². The summed E-state index contributed by atoms with van der Waals surface area (Å²) in [5.74, 6) is 0.334. The summed E-state index contributed by atoms with van der Waals surface area (Å²) in [6, 6.07) is 15.0. The summed E-state index contributed by atoms with van der Waals surface area (Å²) < 4.78 is 31.3. The number of carbonyl (C=O) groups is 1. The summed E-state index contributed by atoms with van der Waals surface area (Å²) in [5.41, 5.74) is 2.46. The topological polar surface area (TPSA) is 109 Å². The molecule has 4 rings (SSSR count). The van der Waals surface area contributed by atoms with Crippen LogP contribution in [0.15, 0.2) is 62.6 Å². The van der Waals surface area contributed by atoms with E-state index in [-0.39, 0.29) is 11.7 Å². The molecule has 0 radical (unpaired) electrons. The van der Waals surface area contributed by atoms with E-state index < -0.39 is 10.0 Å². The van der Waals surface area contributed by atoms with E-state index in [4.69, 9.17) is 4.42 Å². The van der Waals surface area contributed by atoms with E-state index in [1.807, 2.05) is 48.5 Å². The molecule has 174 valence electrons. The molecule has 1 aliphatic rings. The van der Waals surface area contributed by atoms with Crippen LogP contribution in [0.2, 0.25) is 0 Å². The molecule has 3 aromatic rings. The lowest BCUT2D eigenvalue weighted by atomic mass is 10.2. The standard InChI is InChI=1S/C21H22BrN5O4S2/c1-33(29,30)27-12-10-26(11-13-27)16-8-6-15(7-9-16)23-19(28)14-32-21-25-24-20(31-21)17-4-2-3-5-18(17)22/h2-9H,10-14H2,1H3,(H,23,28). The van der Waals surface area contributed by atoms with E-state index in [0.29, 0.717) is 43.0 Å². The van der Waals surface area contributed by atoms with Gasteiger partial charge in [-0.1, -0.05) is 23.9 Å². The van der Waals surface area contributed by atoms with Gasteiger partial charge >= 0.3 is 0 Å². The number of amides is 1. The molecule has 12 heteroatoms. The van der Waals surface area contributed by atoms with Crippen LogP contribution in [-0.2, 0) is 14.8 Å². The zero-order chi connectivity index (χ0) is 23.4. The monoisotopic (exact) mass is 551 g/mol. The van der Waals surface area contributed by atoms with Gasteiger partial charge < -0.3 is 14.6 Å². The normalized spacial score (nSPS) is 14.9. The van der Waals surface area contributed by atoms with Crippen molar-refractivity contribution in [2.75, 3.05) is 48.4 Å². The van der Waals surface area contributed by atoms with Crippen molar-refractivity contribution < 1.29 is 17.6 Å². The van der Waals surface area contributed by atoms with Crippen molar-refractivity contribution in [1.82, 2.24) is 14.5 Å². The fourth-order valence-electron chi connectivity index (χ4n) is 3.37. The van der Waals surface area contributed by atoms with Crippen molar-refractivity contribution >= 4 is 55.0 Å². The Balaban J connectivity index is 1.27. The van der Waals surface area contributed by atoms with Gasteiger partial charge in [0.2, 0.25) is 21.8 Å². The Morgan fingerprint density at radius 3 is 2.45 bits per heavy atom. The number of thioether (sulfide) groups is 1. The molecule has 0 aliphatic carbocycles. The van der Waals surface area contributed by atoms with Gasteiger partial charge in [0.05, 0.1) is 17.6 Å². The highest BCUT2D eigenvalue weighted by Gasteiger charge is 2.23. The smallest absolute Gasteiger partial charge is 0.277 e. The third-order valence-corrected chi connectivity index (χ3v) is 7.87. The Morgan fingerprint density at radius 1 is 1.09 bits per heavy atom. The van der Waals surface area contributed by atoms with Crippen LogP contribution in [0.4, 0.5) is 11.4 Å². The molecular weight excluding hydrogens is 530 g/mol. The first kappa shape index (κ1) is 23.7. The largest absolute Gasteiger partial charge is 0.411 e. The Kier molecular flexibility index (Phi) is 7.37. The highest BCUT2D eigenvalue weighted by Crippen LogP contribution is 2.29. The van der Waals surface area contributed by atoms with Gasteiger partial charge in [-0.25, -0.2) is 8.42 Å². The molecule has 0 unspecified atom stereocenters. The first-order valence-electron chi connectivity index (χ1n) is 10.1. The lowest BCUT2D eigenvalue weighted by Crippen LogP contribution is -2.48. The number of benzene rings is 2. The van der Waals surface area contributed by atoms with Crippen molar-refractivity contribution in [2.45, 2.75) is 5.22 Å². The molecule has 1 amide bonds. The van der Waals surface area contributed by atoms with Gasteiger partial charge in [0.15, 0.2) is 0 Å². The molecule has 33 heavy (non-hydrogen) atoms. The van der Waals surface area contributed by atoms with Crippen molar-refractivity contribution in [3.8, 4) is 11.5 Å².